The summed E-state index contributed by atoms with van der Waals surface area (Å²) in [5, 5.41) is 6.84. The van der Waals surface area contributed by atoms with Crippen LogP contribution in [0.1, 0.15) is 88.2 Å². The molecule has 2 aromatic carbocycles. The summed E-state index contributed by atoms with van der Waals surface area (Å²) in [5.41, 5.74) is 3.96. The monoisotopic (exact) mass is 521 g/mol. The van der Waals surface area contributed by atoms with E-state index in [-0.39, 0.29) is 17.2 Å². The molecular weight excluding hydrogens is 474 g/mol. The minimum absolute atomic E-state index is 0.0632. The number of unbranched alkanes of at least 4 members (excludes halogenated alkanes) is 1. The lowest BCUT2D eigenvalue weighted by atomic mass is 9.87. The molecule has 2 amide bonds. The van der Waals surface area contributed by atoms with E-state index in [1.54, 1.807) is 0 Å². The Morgan fingerprint density at radius 2 is 1.84 bits per heavy atom. The molecule has 2 N–H and O–H groups in total. The number of carbonyl (C=O) groups is 2. The van der Waals surface area contributed by atoms with Crippen molar-refractivity contribution in [2.75, 3.05) is 31.6 Å². The Morgan fingerprint density at radius 1 is 1.08 bits per heavy atom. The van der Waals surface area contributed by atoms with Crippen molar-refractivity contribution in [2.45, 2.75) is 90.6 Å². The Kier molecular flexibility index (Phi) is 11.4. The summed E-state index contributed by atoms with van der Waals surface area (Å²) in [7, 11) is 0. The number of amides is 2. The third kappa shape index (κ3) is 9.55. The molecule has 1 aliphatic rings. The van der Waals surface area contributed by atoms with Crippen LogP contribution in [-0.4, -0.2) is 55.1 Å². The van der Waals surface area contributed by atoms with Crippen LogP contribution in [-0.2, 0) is 21.4 Å². The number of anilines is 1. The first-order valence-corrected chi connectivity index (χ1v) is 14.3. The molecule has 1 saturated heterocycles. The van der Waals surface area contributed by atoms with Crippen LogP contribution >= 0.6 is 0 Å². The lowest BCUT2D eigenvalue weighted by Crippen LogP contribution is -2.37. The first-order chi connectivity index (χ1) is 18.2. The second-order valence-corrected chi connectivity index (χ2v) is 11.6. The zero-order chi connectivity index (χ0) is 27.5. The molecule has 2 aromatic rings. The number of nitrogens with zero attached hydrogens (tertiary/aromatic N) is 1. The van der Waals surface area contributed by atoms with E-state index in [0.717, 1.165) is 44.3 Å². The highest BCUT2D eigenvalue weighted by Crippen LogP contribution is 2.23. The van der Waals surface area contributed by atoms with E-state index in [4.69, 9.17) is 4.74 Å². The van der Waals surface area contributed by atoms with Gasteiger partial charge in [0.05, 0.1) is 19.6 Å². The molecule has 3 rings (SSSR count). The molecule has 2 atom stereocenters. The molecule has 0 aromatic heterocycles. The normalized spacial score (nSPS) is 16.1. The van der Waals surface area contributed by atoms with E-state index < -0.39 is 0 Å². The van der Waals surface area contributed by atoms with Crippen LogP contribution in [0.4, 0.5) is 5.69 Å². The summed E-state index contributed by atoms with van der Waals surface area (Å²) in [6.07, 6.45) is 5.70. The molecule has 1 fully saturated rings. The van der Waals surface area contributed by atoms with Gasteiger partial charge in [-0.15, -0.1) is 0 Å². The van der Waals surface area contributed by atoms with Crippen LogP contribution in [0.25, 0.3) is 0 Å². The summed E-state index contributed by atoms with van der Waals surface area (Å²) in [5.74, 6) is 0.132. The summed E-state index contributed by atoms with van der Waals surface area (Å²) in [6.45, 7) is 13.7. The van der Waals surface area contributed by atoms with Crippen molar-refractivity contribution in [2.24, 2.45) is 0 Å². The summed E-state index contributed by atoms with van der Waals surface area (Å²) >= 11 is 0. The molecular formula is C32H47N3O3. The molecule has 0 spiro atoms. The molecule has 208 valence electrons. The molecule has 2 unspecified atom stereocenters. The van der Waals surface area contributed by atoms with E-state index in [1.165, 1.54) is 11.1 Å². The van der Waals surface area contributed by atoms with Gasteiger partial charge in [-0.3, -0.25) is 9.59 Å². The molecule has 0 bridgehead atoms. The SMILES string of the molecule is CCC(CCCCN1CCOCCC1=O)NC(C)Cc1cccc(NC(=O)c2ccc(C(C)(C)C)cc2)c1. The smallest absolute Gasteiger partial charge is 0.255 e. The van der Waals surface area contributed by atoms with Crippen LogP contribution in [0.15, 0.2) is 48.5 Å². The predicted octanol–water partition coefficient (Wildman–Crippen LogP) is 5.95. The maximum absolute atomic E-state index is 12.8. The molecule has 0 saturated carbocycles. The lowest BCUT2D eigenvalue weighted by molar-refractivity contribution is -0.130. The average Bonchev–Trinajstić information content (AvgIpc) is 3.09. The van der Waals surface area contributed by atoms with E-state index >= 15 is 0 Å². The highest BCUT2D eigenvalue weighted by atomic mass is 16.5. The van der Waals surface area contributed by atoms with Gasteiger partial charge in [-0.05, 0) is 73.4 Å². The third-order valence-electron chi connectivity index (χ3n) is 7.30. The number of benzene rings is 2. The predicted molar refractivity (Wildman–Crippen MR) is 156 cm³/mol. The minimum Gasteiger partial charge on any atom is -0.379 e. The van der Waals surface area contributed by atoms with Crippen LogP contribution in [0.5, 0.6) is 0 Å². The number of rotatable bonds is 12. The Labute approximate surface area is 229 Å². The molecule has 0 radical (unpaired) electrons. The fourth-order valence-electron chi connectivity index (χ4n) is 4.97. The average molecular weight is 522 g/mol. The van der Waals surface area contributed by atoms with Gasteiger partial charge in [0.1, 0.15) is 0 Å². The number of ether oxygens (including phenoxy) is 1. The van der Waals surface area contributed by atoms with Crippen molar-refractivity contribution >= 4 is 17.5 Å². The van der Waals surface area contributed by atoms with Gasteiger partial charge in [0.25, 0.3) is 5.91 Å². The maximum atomic E-state index is 12.8. The van der Waals surface area contributed by atoms with Gasteiger partial charge < -0.3 is 20.3 Å². The standard InChI is InChI=1S/C32H47N3O3/c1-6-28(11-7-8-18-35-19-21-38-20-17-30(35)36)33-24(2)22-25-10-9-12-29(23-25)34-31(37)26-13-15-27(16-14-26)32(3,4)5/h9-10,12-16,23-24,28,33H,6-8,11,17-22H2,1-5H3,(H,34,37). The van der Waals surface area contributed by atoms with Crippen LogP contribution in [0.3, 0.4) is 0 Å². The second kappa shape index (κ2) is 14.5. The van der Waals surface area contributed by atoms with Gasteiger partial charge in [-0.25, -0.2) is 0 Å². The van der Waals surface area contributed by atoms with Crippen LogP contribution in [0.2, 0.25) is 0 Å². The summed E-state index contributed by atoms with van der Waals surface area (Å²) < 4.78 is 5.42. The van der Waals surface area contributed by atoms with Crippen molar-refractivity contribution in [1.29, 1.82) is 0 Å². The summed E-state index contributed by atoms with van der Waals surface area (Å²) in [6, 6.07) is 16.8. The van der Waals surface area contributed by atoms with E-state index in [2.05, 4.69) is 57.4 Å². The van der Waals surface area contributed by atoms with E-state index in [9.17, 15) is 9.59 Å². The molecule has 38 heavy (non-hydrogen) atoms. The van der Waals surface area contributed by atoms with Crippen molar-refractivity contribution in [3.05, 3.63) is 65.2 Å². The molecule has 1 aliphatic heterocycles. The van der Waals surface area contributed by atoms with Gasteiger partial charge in [-0.1, -0.05) is 58.4 Å². The Hall–Kier alpha value is -2.70. The quantitative estimate of drug-likeness (QED) is 0.338. The fourth-order valence-corrected chi connectivity index (χ4v) is 4.97. The molecule has 1 heterocycles. The van der Waals surface area contributed by atoms with Crippen molar-refractivity contribution < 1.29 is 14.3 Å². The first kappa shape index (κ1) is 29.9. The first-order valence-electron chi connectivity index (χ1n) is 14.3. The van der Waals surface area contributed by atoms with Crippen LogP contribution < -0.4 is 10.6 Å². The Balaban J connectivity index is 1.45. The minimum atomic E-state index is -0.0887. The lowest BCUT2D eigenvalue weighted by Gasteiger charge is -2.24. The highest BCUT2D eigenvalue weighted by molar-refractivity contribution is 6.04. The van der Waals surface area contributed by atoms with Gasteiger partial charge in [0, 0.05) is 36.4 Å². The van der Waals surface area contributed by atoms with Gasteiger partial charge >= 0.3 is 0 Å². The number of hydrogen-bond donors (Lipinski definition) is 2. The van der Waals surface area contributed by atoms with Gasteiger partial charge in [-0.2, -0.15) is 0 Å². The van der Waals surface area contributed by atoms with Gasteiger partial charge in [0.15, 0.2) is 0 Å². The Bertz CT molecular complexity index is 1030. The molecule has 0 aliphatic carbocycles. The second-order valence-electron chi connectivity index (χ2n) is 11.6. The number of carbonyl (C=O) groups excluding carboxylic acids is 2. The van der Waals surface area contributed by atoms with Gasteiger partial charge in [0.2, 0.25) is 5.91 Å². The third-order valence-corrected chi connectivity index (χ3v) is 7.30. The molecule has 6 nitrogen and oxygen atoms in total. The number of nitrogens with one attached hydrogen (secondary N) is 2. The van der Waals surface area contributed by atoms with Crippen LogP contribution in [0, 0.1) is 0 Å². The van der Waals surface area contributed by atoms with Crippen molar-refractivity contribution in [1.82, 2.24) is 10.2 Å². The Morgan fingerprint density at radius 3 is 2.55 bits per heavy atom. The largest absolute Gasteiger partial charge is 0.379 e. The number of hydrogen-bond acceptors (Lipinski definition) is 4. The maximum Gasteiger partial charge on any atom is 0.255 e. The van der Waals surface area contributed by atoms with E-state index in [0.29, 0.717) is 43.8 Å². The fraction of sp³-hybridized carbons (Fsp3) is 0.562. The molecule has 6 heteroatoms. The summed E-state index contributed by atoms with van der Waals surface area (Å²) in [4.78, 5) is 26.9. The topological polar surface area (TPSA) is 70.7 Å². The zero-order valence-electron chi connectivity index (χ0n) is 24.0. The van der Waals surface area contributed by atoms with Crippen molar-refractivity contribution in [3.63, 3.8) is 0 Å². The van der Waals surface area contributed by atoms with E-state index in [1.807, 2.05) is 41.3 Å². The van der Waals surface area contributed by atoms with Crippen molar-refractivity contribution in [3.8, 4) is 0 Å². The highest BCUT2D eigenvalue weighted by Gasteiger charge is 2.17. The zero-order valence-corrected chi connectivity index (χ0v) is 24.0.